The van der Waals surface area contributed by atoms with Crippen molar-refractivity contribution in [3.05, 3.63) is 200 Å². The van der Waals surface area contributed by atoms with E-state index in [0.717, 1.165) is 33.5 Å². The summed E-state index contributed by atoms with van der Waals surface area (Å²) in [6.45, 7) is 0. The molecular weight excluding hydrogens is 707 g/mol. The summed E-state index contributed by atoms with van der Waals surface area (Å²) in [7, 11) is 0. The highest BCUT2D eigenvalue weighted by Crippen LogP contribution is 2.41. The lowest BCUT2D eigenvalue weighted by Gasteiger charge is -2.14. The quantitative estimate of drug-likeness (QED) is 0.165. The molecule has 0 aliphatic heterocycles. The van der Waals surface area contributed by atoms with Crippen molar-refractivity contribution in [3.8, 4) is 51.0 Å². The Kier molecular flexibility index (Phi) is 7.16. The number of rotatable bonds is 5. The molecule has 0 aliphatic rings. The summed E-state index contributed by atoms with van der Waals surface area (Å²) in [5, 5.41) is 7.43. The monoisotopic (exact) mass is 739 g/mol. The normalized spacial score (nSPS) is 11.8. The van der Waals surface area contributed by atoms with E-state index >= 15 is 0 Å². The lowest BCUT2D eigenvalue weighted by atomic mass is 10.0. The molecule has 0 atom stereocenters. The van der Waals surface area contributed by atoms with Crippen LogP contribution in [0.5, 0.6) is 0 Å². The Hall–Kier alpha value is -7.89. The third-order valence-corrected chi connectivity index (χ3v) is 11.5. The van der Waals surface area contributed by atoms with Gasteiger partial charge in [0, 0.05) is 49.3 Å². The largest absolute Gasteiger partial charge is 0.307 e. The Morgan fingerprint density at radius 2 is 0.793 bits per heavy atom. The lowest BCUT2D eigenvalue weighted by Crippen LogP contribution is -2.00. The Balaban J connectivity index is 1.07. The fourth-order valence-corrected chi connectivity index (χ4v) is 8.89. The molecule has 0 spiro atoms. The van der Waals surface area contributed by atoms with Gasteiger partial charge in [-0.05, 0) is 52.9 Å². The van der Waals surface area contributed by atoms with Crippen LogP contribution in [0.4, 0.5) is 0 Å². The fourth-order valence-electron chi connectivity index (χ4n) is 8.89. The zero-order valence-electron chi connectivity index (χ0n) is 31.3. The third-order valence-electron chi connectivity index (χ3n) is 11.5. The number of aromatic nitrogens is 5. The van der Waals surface area contributed by atoms with Crippen LogP contribution in [0.1, 0.15) is 0 Å². The summed E-state index contributed by atoms with van der Waals surface area (Å²) in [5.41, 5.74) is 12.1. The smallest absolute Gasteiger partial charge is 0.164 e. The van der Waals surface area contributed by atoms with Gasteiger partial charge in [-0.3, -0.25) is 0 Å². The van der Waals surface area contributed by atoms with Crippen LogP contribution in [0.15, 0.2) is 200 Å². The van der Waals surface area contributed by atoms with Gasteiger partial charge in [0.15, 0.2) is 17.5 Å². The minimum absolute atomic E-state index is 0.635. The van der Waals surface area contributed by atoms with Crippen molar-refractivity contribution in [1.29, 1.82) is 0 Å². The maximum absolute atomic E-state index is 5.02. The van der Waals surface area contributed by atoms with Crippen molar-refractivity contribution >= 4 is 59.9 Å². The molecule has 12 rings (SSSR count). The van der Waals surface area contributed by atoms with E-state index in [1.807, 2.05) is 60.7 Å². The van der Waals surface area contributed by atoms with Crippen LogP contribution in [0.3, 0.4) is 0 Å². The van der Waals surface area contributed by atoms with Crippen LogP contribution < -0.4 is 0 Å². The molecule has 0 bridgehead atoms. The van der Waals surface area contributed by atoms with Gasteiger partial charge in [-0.2, -0.15) is 0 Å². The molecule has 0 saturated carbocycles. The molecule has 0 amide bonds. The van der Waals surface area contributed by atoms with Gasteiger partial charge in [0.1, 0.15) is 0 Å². The van der Waals surface area contributed by atoms with Crippen LogP contribution >= 0.6 is 0 Å². The number of pyridine rings is 1. The maximum atomic E-state index is 5.02. The Morgan fingerprint density at radius 1 is 0.293 bits per heavy atom. The fraction of sp³-hybridized carbons (Fsp3) is 0. The van der Waals surface area contributed by atoms with Gasteiger partial charge < -0.3 is 8.97 Å². The molecule has 0 unspecified atom stereocenters. The first-order valence-corrected chi connectivity index (χ1v) is 19.6. The van der Waals surface area contributed by atoms with E-state index in [1.54, 1.807) is 0 Å². The Labute approximate surface area is 333 Å². The number of nitrogens with zero attached hydrogens (tertiary/aromatic N) is 5. The zero-order valence-corrected chi connectivity index (χ0v) is 31.3. The molecule has 0 saturated heterocycles. The highest BCUT2D eigenvalue weighted by molar-refractivity contribution is 6.22. The molecule has 4 aromatic heterocycles. The first kappa shape index (κ1) is 32.4. The van der Waals surface area contributed by atoms with Crippen LogP contribution in [0, 0.1) is 0 Å². The van der Waals surface area contributed by atoms with E-state index in [9.17, 15) is 0 Å². The first-order chi connectivity index (χ1) is 28.8. The van der Waals surface area contributed by atoms with Crippen molar-refractivity contribution < 1.29 is 0 Å². The summed E-state index contributed by atoms with van der Waals surface area (Å²) in [5.74, 6) is 1.93. The molecule has 0 fully saturated rings. The predicted octanol–water partition coefficient (Wildman–Crippen LogP) is 13.3. The van der Waals surface area contributed by atoms with Gasteiger partial charge in [-0.25, -0.2) is 15.0 Å². The van der Waals surface area contributed by atoms with E-state index in [2.05, 4.69) is 148 Å². The summed E-state index contributed by atoms with van der Waals surface area (Å²) in [4.78, 5) is 15.0. The molecule has 58 heavy (non-hydrogen) atoms. The third kappa shape index (κ3) is 5.00. The number of fused-ring (bicyclic) bond motifs is 12. The summed E-state index contributed by atoms with van der Waals surface area (Å²) in [6.07, 6.45) is 0. The molecule has 5 nitrogen and oxygen atoms in total. The topological polar surface area (TPSA) is 48.0 Å². The van der Waals surface area contributed by atoms with Crippen molar-refractivity contribution in [2.24, 2.45) is 0 Å². The highest BCUT2D eigenvalue weighted by Gasteiger charge is 2.20. The summed E-state index contributed by atoms with van der Waals surface area (Å²) in [6, 6.07) is 71.0. The van der Waals surface area contributed by atoms with Crippen LogP contribution in [0.25, 0.3) is 111 Å². The Morgan fingerprint density at radius 3 is 1.48 bits per heavy atom. The van der Waals surface area contributed by atoms with Gasteiger partial charge in [-0.15, -0.1) is 0 Å². The second kappa shape index (κ2) is 12.8. The Bertz CT molecular complexity index is 3510. The molecule has 0 aliphatic carbocycles. The molecule has 0 N–H and O–H groups in total. The molecule has 270 valence electrons. The van der Waals surface area contributed by atoms with E-state index in [-0.39, 0.29) is 0 Å². The van der Waals surface area contributed by atoms with Crippen LogP contribution in [-0.2, 0) is 0 Å². The average molecular weight is 740 g/mol. The summed E-state index contributed by atoms with van der Waals surface area (Å²) < 4.78 is 4.95. The lowest BCUT2D eigenvalue weighted by molar-refractivity contribution is 1.07. The van der Waals surface area contributed by atoms with Crippen molar-refractivity contribution in [2.45, 2.75) is 0 Å². The SMILES string of the molecule is c1ccc(-c2nc(-c3ccccc3)nc(-c3cccc(-c4cccc(-n5c6ccccc6c6ccc7cc8c9ccccc9c9ccccc9n8c7c65)c4)c3)n2)cc1. The van der Waals surface area contributed by atoms with Gasteiger partial charge in [0.25, 0.3) is 0 Å². The molecule has 8 aromatic carbocycles. The van der Waals surface area contributed by atoms with Crippen molar-refractivity contribution in [3.63, 3.8) is 0 Å². The van der Waals surface area contributed by atoms with Crippen molar-refractivity contribution in [2.75, 3.05) is 0 Å². The van der Waals surface area contributed by atoms with E-state index < -0.39 is 0 Å². The van der Waals surface area contributed by atoms with Gasteiger partial charge in [0.2, 0.25) is 0 Å². The first-order valence-electron chi connectivity index (χ1n) is 19.6. The molecular formula is C53H33N5. The van der Waals surface area contributed by atoms with Crippen LogP contribution in [-0.4, -0.2) is 23.9 Å². The zero-order chi connectivity index (χ0) is 38.2. The van der Waals surface area contributed by atoms with Gasteiger partial charge >= 0.3 is 0 Å². The molecule has 5 heteroatoms. The van der Waals surface area contributed by atoms with Gasteiger partial charge in [0.05, 0.1) is 27.6 Å². The average Bonchev–Trinajstić information content (AvgIpc) is 3.87. The van der Waals surface area contributed by atoms with E-state index in [4.69, 9.17) is 15.0 Å². The minimum Gasteiger partial charge on any atom is -0.307 e. The van der Waals surface area contributed by atoms with Gasteiger partial charge in [-0.1, -0.05) is 164 Å². The standard InChI is InChI=1S/C53H33N5/c1-3-15-34(16-4-1)51-54-52(35-17-5-2-6-18-35)56-53(55-51)39-21-13-19-36(31-39)37-20-14-22-40(32-37)57-46-27-11-10-26-44(46)45-30-29-38-33-48-43-25-8-7-23-41(43)42-24-9-12-28-47(42)58(48)49(38)50(45)57/h1-33H. The summed E-state index contributed by atoms with van der Waals surface area (Å²) >= 11 is 0. The number of para-hydroxylation sites is 2. The molecule has 12 aromatic rings. The van der Waals surface area contributed by atoms with Crippen molar-refractivity contribution in [1.82, 2.24) is 23.9 Å². The maximum Gasteiger partial charge on any atom is 0.164 e. The van der Waals surface area contributed by atoms with Crippen LogP contribution in [0.2, 0.25) is 0 Å². The minimum atomic E-state index is 0.635. The van der Waals surface area contributed by atoms with E-state index in [0.29, 0.717) is 17.5 Å². The predicted molar refractivity (Wildman–Crippen MR) is 239 cm³/mol. The molecule has 4 heterocycles. The number of hydrogen-bond donors (Lipinski definition) is 0. The number of hydrogen-bond acceptors (Lipinski definition) is 3. The molecule has 0 radical (unpaired) electrons. The second-order valence-corrected chi connectivity index (χ2v) is 14.8. The second-order valence-electron chi connectivity index (χ2n) is 14.8. The number of benzene rings is 8. The van der Waals surface area contributed by atoms with E-state index in [1.165, 1.54) is 59.9 Å². The highest BCUT2D eigenvalue weighted by atomic mass is 15.0.